The van der Waals surface area contributed by atoms with Crippen LogP contribution < -0.4 is 4.90 Å². The van der Waals surface area contributed by atoms with Crippen LogP contribution in [0, 0.1) is 5.82 Å². The summed E-state index contributed by atoms with van der Waals surface area (Å²) in [4.78, 5) is 6.19. The number of anilines is 1. The topological polar surface area (TPSA) is 53.5 Å². The molecule has 8 heteroatoms. The largest absolute Gasteiger partial charge is 0.369 e. The fourth-order valence-electron chi connectivity index (χ4n) is 3.32. The fourth-order valence-corrected chi connectivity index (χ4v) is 6.44. The van der Waals surface area contributed by atoms with Crippen LogP contribution in [-0.4, -0.2) is 43.4 Å². The van der Waals surface area contributed by atoms with Crippen LogP contribution in [0.3, 0.4) is 0 Å². The molecule has 1 saturated heterocycles. The molecule has 5 nitrogen and oxygen atoms in total. The van der Waals surface area contributed by atoms with Crippen LogP contribution in [0.15, 0.2) is 53.0 Å². The van der Waals surface area contributed by atoms with E-state index in [0.29, 0.717) is 25.0 Å². The van der Waals surface area contributed by atoms with E-state index in [1.165, 1.54) is 23.5 Å². The number of sulfonamides is 1. The van der Waals surface area contributed by atoms with Crippen molar-refractivity contribution in [3.05, 3.63) is 54.6 Å². The van der Waals surface area contributed by atoms with E-state index >= 15 is 0 Å². The van der Waals surface area contributed by atoms with Gasteiger partial charge in [0, 0.05) is 48.5 Å². The maximum atomic E-state index is 13.4. The second kappa shape index (κ2) is 6.61. The number of hydrogen-bond donors (Lipinski definition) is 0. The zero-order valence-electron chi connectivity index (χ0n) is 14.2. The maximum absolute atomic E-state index is 13.4. The van der Waals surface area contributed by atoms with Crippen molar-refractivity contribution in [1.29, 1.82) is 0 Å². The first kappa shape index (κ1) is 17.4. The van der Waals surface area contributed by atoms with Gasteiger partial charge in [0.2, 0.25) is 0 Å². The number of fused-ring (bicyclic) bond motifs is 1. The molecule has 1 aromatic carbocycles. The van der Waals surface area contributed by atoms with Crippen molar-refractivity contribution in [2.75, 3.05) is 24.5 Å². The number of benzene rings is 1. The minimum atomic E-state index is -3.60. The molecule has 3 aromatic rings. The first-order valence-electron chi connectivity index (χ1n) is 8.31. The predicted molar refractivity (Wildman–Crippen MR) is 102 cm³/mol. The molecule has 1 aliphatic heterocycles. The molecule has 0 amide bonds. The molecule has 0 N–H and O–H groups in total. The van der Waals surface area contributed by atoms with Gasteiger partial charge in [0.25, 0.3) is 10.0 Å². The molecule has 0 aliphatic carbocycles. The molecular formula is C18H18FN3O2S2. The first-order valence-corrected chi connectivity index (χ1v) is 10.6. The summed E-state index contributed by atoms with van der Waals surface area (Å²) in [6.07, 6.45) is 3.47. The van der Waals surface area contributed by atoms with Gasteiger partial charge in [-0.2, -0.15) is 4.31 Å². The molecule has 3 heterocycles. The third-order valence-corrected chi connectivity index (χ3v) is 8.19. The van der Waals surface area contributed by atoms with Crippen LogP contribution in [0.4, 0.5) is 10.1 Å². The summed E-state index contributed by atoms with van der Waals surface area (Å²) in [6.45, 7) is 3.56. The van der Waals surface area contributed by atoms with Crippen molar-refractivity contribution in [3.63, 3.8) is 0 Å². The van der Waals surface area contributed by atoms with E-state index in [-0.39, 0.29) is 16.1 Å². The highest BCUT2D eigenvalue weighted by Gasteiger charge is 2.34. The Labute approximate surface area is 155 Å². The van der Waals surface area contributed by atoms with Crippen LogP contribution in [0.2, 0.25) is 0 Å². The molecular weight excluding hydrogens is 373 g/mol. The van der Waals surface area contributed by atoms with Gasteiger partial charge in [-0.3, -0.25) is 4.98 Å². The summed E-state index contributed by atoms with van der Waals surface area (Å²) in [5, 5.41) is 0.622. The quantitative estimate of drug-likeness (QED) is 0.687. The molecule has 0 spiro atoms. The molecule has 26 heavy (non-hydrogen) atoms. The standard InChI is InChI=1S/C18H18FN3O2S2/c1-13-12-21(16-4-6-20-7-5-16)8-9-22(13)26(23,24)18-11-14-10-15(19)2-3-17(14)25-18/h2-7,10-11,13H,8-9,12H2,1H3. The second-order valence-corrected chi connectivity index (χ2v) is 9.56. The lowest BCUT2D eigenvalue weighted by molar-refractivity contribution is 0.307. The molecule has 1 atom stereocenters. The Balaban J connectivity index is 1.60. The predicted octanol–water partition coefficient (Wildman–Crippen LogP) is 3.33. The Morgan fingerprint density at radius 3 is 2.65 bits per heavy atom. The van der Waals surface area contributed by atoms with Gasteiger partial charge >= 0.3 is 0 Å². The molecule has 4 rings (SSSR count). The summed E-state index contributed by atoms with van der Waals surface area (Å²) in [6, 6.07) is 9.61. The monoisotopic (exact) mass is 391 g/mol. The van der Waals surface area contributed by atoms with Gasteiger partial charge in [0.05, 0.1) is 0 Å². The molecule has 1 aliphatic rings. The number of piperazine rings is 1. The summed E-state index contributed by atoms with van der Waals surface area (Å²) in [5.41, 5.74) is 1.04. The first-order chi connectivity index (χ1) is 12.4. The van der Waals surface area contributed by atoms with E-state index in [9.17, 15) is 12.8 Å². The zero-order chi connectivity index (χ0) is 18.3. The Morgan fingerprint density at radius 2 is 1.92 bits per heavy atom. The fraction of sp³-hybridized carbons (Fsp3) is 0.278. The van der Waals surface area contributed by atoms with E-state index in [1.54, 1.807) is 28.8 Å². The third-order valence-electron chi connectivity index (χ3n) is 4.61. The Kier molecular flexibility index (Phi) is 4.42. The lowest BCUT2D eigenvalue weighted by atomic mass is 10.2. The second-order valence-electron chi connectivity index (χ2n) is 6.36. The third kappa shape index (κ3) is 3.08. The van der Waals surface area contributed by atoms with Crippen LogP contribution in [0.5, 0.6) is 0 Å². The van der Waals surface area contributed by atoms with Crippen molar-refractivity contribution in [2.45, 2.75) is 17.2 Å². The van der Waals surface area contributed by atoms with Gasteiger partial charge in [0.1, 0.15) is 10.0 Å². The molecule has 0 saturated carbocycles. The number of nitrogens with zero attached hydrogens (tertiary/aromatic N) is 3. The summed E-state index contributed by atoms with van der Waals surface area (Å²) in [5.74, 6) is -0.362. The van der Waals surface area contributed by atoms with Gasteiger partial charge in [-0.25, -0.2) is 12.8 Å². The average Bonchev–Trinajstić information content (AvgIpc) is 3.06. The highest BCUT2D eigenvalue weighted by atomic mass is 32.2. The van der Waals surface area contributed by atoms with Crippen LogP contribution in [0.25, 0.3) is 10.1 Å². The normalized spacial score (nSPS) is 19.2. The van der Waals surface area contributed by atoms with Gasteiger partial charge in [-0.1, -0.05) is 0 Å². The van der Waals surface area contributed by atoms with Gasteiger partial charge < -0.3 is 4.90 Å². The van der Waals surface area contributed by atoms with Crippen LogP contribution in [0.1, 0.15) is 6.92 Å². The van der Waals surface area contributed by atoms with E-state index in [1.807, 2.05) is 19.1 Å². The highest BCUT2D eigenvalue weighted by Crippen LogP contribution is 2.33. The van der Waals surface area contributed by atoms with E-state index in [0.717, 1.165) is 10.4 Å². The summed E-state index contributed by atoms with van der Waals surface area (Å²) >= 11 is 1.19. The van der Waals surface area contributed by atoms with Crippen molar-refractivity contribution in [2.24, 2.45) is 0 Å². The maximum Gasteiger partial charge on any atom is 0.252 e. The molecule has 136 valence electrons. The molecule has 1 unspecified atom stereocenters. The highest BCUT2D eigenvalue weighted by molar-refractivity contribution is 7.91. The molecule has 1 fully saturated rings. The van der Waals surface area contributed by atoms with E-state index in [4.69, 9.17) is 0 Å². The minimum absolute atomic E-state index is 0.163. The number of hydrogen-bond acceptors (Lipinski definition) is 5. The molecule has 0 radical (unpaired) electrons. The van der Waals surface area contributed by atoms with Crippen molar-refractivity contribution < 1.29 is 12.8 Å². The Hall–Kier alpha value is -2.03. The zero-order valence-corrected chi connectivity index (χ0v) is 15.8. The molecule has 2 aromatic heterocycles. The lowest BCUT2D eigenvalue weighted by Gasteiger charge is -2.39. The van der Waals surface area contributed by atoms with E-state index in [2.05, 4.69) is 9.88 Å². The van der Waals surface area contributed by atoms with Crippen LogP contribution in [-0.2, 0) is 10.0 Å². The Bertz CT molecular complexity index is 1040. The van der Waals surface area contributed by atoms with Gasteiger partial charge in [-0.05, 0) is 48.7 Å². The number of halogens is 1. The van der Waals surface area contributed by atoms with Crippen LogP contribution >= 0.6 is 11.3 Å². The number of pyridine rings is 1. The number of thiophene rings is 1. The van der Waals surface area contributed by atoms with Crippen molar-refractivity contribution >= 4 is 37.1 Å². The van der Waals surface area contributed by atoms with Crippen molar-refractivity contribution in [3.8, 4) is 0 Å². The van der Waals surface area contributed by atoms with Gasteiger partial charge in [0.15, 0.2) is 0 Å². The van der Waals surface area contributed by atoms with E-state index < -0.39 is 10.0 Å². The minimum Gasteiger partial charge on any atom is -0.369 e. The summed E-state index contributed by atoms with van der Waals surface area (Å²) in [7, 11) is -3.60. The average molecular weight is 391 g/mol. The molecule has 0 bridgehead atoms. The lowest BCUT2D eigenvalue weighted by Crippen LogP contribution is -2.53. The smallest absolute Gasteiger partial charge is 0.252 e. The summed E-state index contributed by atoms with van der Waals surface area (Å²) < 4.78 is 42.2. The SMILES string of the molecule is CC1CN(c2ccncc2)CCN1S(=O)(=O)c1cc2cc(F)ccc2s1. The van der Waals surface area contributed by atoms with Crippen molar-refractivity contribution in [1.82, 2.24) is 9.29 Å². The Morgan fingerprint density at radius 1 is 1.15 bits per heavy atom. The van der Waals surface area contributed by atoms with Gasteiger partial charge in [-0.15, -0.1) is 11.3 Å². The number of aromatic nitrogens is 1. The number of rotatable bonds is 3.